The summed E-state index contributed by atoms with van der Waals surface area (Å²) in [5.74, 6) is 0.951. The second-order valence-electron chi connectivity index (χ2n) is 8.47. The van der Waals surface area contributed by atoms with Gasteiger partial charge in [0, 0.05) is 60.8 Å². The lowest BCUT2D eigenvalue weighted by atomic mass is 9.77. The molecule has 1 amide bonds. The largest absolute Gasteiger partial charge is 0.477 e. The number of amides is 1. The van der Waals surface area contributed by atoms with Gasteiger partial charge in [0.05, 0.1) is 11.6 Å². The Balaban J connectivity index is 1.54. The van der Waals surface area contributed by atoms with Gasteiger partial charge in [-0.2, -0.15) is 0 Å². The molecule has 160 valence electrons. The van der Waals surface area contributed by atoms with Crippen LogP contribution in [0.2, 0.25) is 10.0 Å². The van der Waals surface area contributed by atoms with Crippen molar-refractivity contribution in [3.8, 4) is 5.88 Å². The molecule has 1 aromatic carbocycles. The van der Waals surface area contributed by atoms with Crippen LogP contribution in [-0.2, 0) is 9.53 Å². The highest BCUT2D eigenvalue weighted by Crippen LogP contribution is 2.44. The van der Waals surface area contributed by atoms with Crippen molar-refractivity contribution in [2.45, 2.75) is 25.7 Å². The fourth-order valence-corrected chi connectivity index (χ4v) is 4.70. The number of ether oxygens (including phenoxy) is 2. The first kappa shape index (κ1) is 21.4. The van der Waals surface area contributed by atoms with Gasteiger partial charge in [0.2, 0.25) is 11.8 Å². The van der Waals surface area contributed by atoms with Crippen molar-refractivity contribution < 1.29 is 14.3 Å². The van der Waals surface area contributed by atoms with E-state index in [2.05, 4.69) is 11.9 Å². The molecule has 0 N–H and O–H groups in total. The smallest absolute Gasteiger partial charge is 0.225 e. The van der Waals surface area contributed by atoms with Crippen LogP contribution in [0.1, 0.15) is 31.2 Å². The minimum Gasteiger partial charge on any atom is -0.477 e. The molecule has 30 heavy (non-hydrogen) atoms. The molecule has 2 saturated heterocycles. The van der Waals surface area contributed by atoms with Gasteiger partial charge in [-0.25, -0.2) is 4.98 Å². The summed E-state index contributed by atoms with van der Waals surface area (Å²) < 4.78 is 11.5. The van der Waals surface area contributed by atoms with E-state index in [9.17, 15) is 4.79 Å². The molecule has 2 fully saturated rings. The Hall–Kier alpha value is -1.82. The third kappa shape index (κ3) is 4.74. The lowest BCUT2D eigenvalue weighted by molar-refractivity contribution is -0.137. The number of hydrogen-bond acceptors (Lipinski definition) is 4. The van der Waals surface area contributed by atoms with Crippen molar-refractivity contribution in [1.82, 2.24) is 9.88 Å². The van der Waals surface area contributed by atoms with Crippen LogP contribution in [0.5, 0.6) is 5.88 Å². The van der Waals surface area contributed by atoms with Gasteiger partial charge in [0.25, 0.3) is 0 Å². The molecule has 1 aromatic heterocycles. The van der Waals surface area contributed by atoms with Gasteiger partial charge in [-0.3, -0.25) is 4.79 Å². The molecule has 0 spiro atoms. The Morgan fingerprint density at radius 1 is 1.17 bits per heavy atom. The van der Waals surface area contributed by atoms with Gasteiger partial charge in [-0.05, 0) is 36.6 Å². The van der Waals surface area contributed by atoms with Gasteiger partial charge in [-0.15, -0.1) is 0 Å². The number of likely N-dealkylation sites (tertiary alicyclic amines) is 1. The number of carbonyl (C=O) groups excluding carboxylic acids is 1. The number of halogens is 2. The minimum absolute atomic E-state index is 0.0471. The number of rotatable bonds is 5. The Labute approximate surface area is 187 Å². The number of benzene rings is 1. The topological polar surface area (TPSA) is 51.7 Å². The molecule has 2 aliphatic heterocycles. The third-order valence-electron chi connectivity index (χ3n) is 6.20. The quantitative estimate of drug-likeness (QED) is 0.657. The van der Waals surface area contributed by atoms with E-state index in [0.717, 1.165) is 18.4 Å². The van der Waals surface area contributed by atoms with E-state index in [4.69, 9.17) is 32.7 Å². The zero-order chi connectivity index (χ0) is 21.1. The van der Waals surface area contributed by atoms with Crippen LogP contribution in [0.4, 0.5) is 0 Å². The van der Waals surface area contributed by atoms with Gasteiger partial charge in [0.1, 0.15) is 0 Å². The normalized spacial score (nSPS) is 24.8. The molecule has 2 atom stereocenters. The van der Waals surface area contributed by atoms with E-state index in [1.165, 1.54) is 0 Å². The Morgan fingerprint density at radius 2 is 1.87 bits per heavy atom. The summed E-state index contributed by atoms with van der Waals surface area (Å²) in [6, 6.07) is 11.4. The second kappa shape index (κ2) is 9.13. The lowest BCUT2D eigenvalue weighted by Crippen LogP contribution is -2.39. The van der Waals surface area contributed by atoms with Gasteiger partial charge < -0.3 is 14.4 Å². The number of hydrogen-bond donors (Lipinski definition) is 0. The van der Waals surface area contributed by atoms with E-state index < -0.39 is 0 Å². The van der Waals surface area contributed by atoms with E-state index in [0.29, 0.717) is 48.8 Å². The molecule has 4 rings (SSSR count). The zero-order valence-electron chi connectivity index (χ0n) is 17.0. The Kier molecular flexibility index (Phi) is 6.51. The average Bonchev–Trinajstić information content (AvgIpc) is 3.12. The molecule has 7 heteroatoms. The van der Waals surface area contributed by atoms with Crippen LogP contribution in [0.15, 0.2) is 42.6 Å². The van der Waals surface area contributed by atoms with Crippen LogP contribution < -0.4 is 4.74 Å². The third-order valence-corrected chi connectivity index (χ3v) is 6.68. The molecule has 0 bridgehead atoms. The highest BCUT2D eigenvalue weighted by molar-refractivity contribution is 6.30. The van der Waals surface area contributed by atoms with Gasteiger partial charge in [0.15, 0.2) is 0 Å². The number of aromatic nitrogens is 1. The van der Waals surface area contributed by atoms with Crippen LogP contribution in [-0.4, -0.2) is 48.7 Å². The molecule has 3 heterocycles. The maximum atomic E-state index is 13.2. The number of nitrogens with zero attached hydrogens (tertiary/aromatic N) is 2. The maximum Gasteiger partial charge on any atom is 0.225 e. The van der Waals surface area contributed by atoms with Crippen LogP contribution in [0, 0.1) is 11.3 Å². The van der Waals surface area contributed by atoms with E-state index in [-0.39, 0.29) is 23.2 Å². The standard InChI is InChI=1S/C23H26Cl2N2O3/c1-23(15-30-21-7-6-19(25)12-26-21)14-27(22(28)17-8-10-29-11-9-17)13-20(23)16-2-4-18(24)5-3-16/h2-7,12,17,20H,8-11,13-15H2,1H3/t20-,23-/m1/s1. The molecule has 2 aromatic rings. The van der Waals surface area contributed by atoms with E-state index >= 15 is 0 Å². The molecule has 2 aliphatic rings. The summed E-state index contributed by atoms with van der Waals surface area (Å²) in [5.41, 5.74) is 0.910. The van der Waals surface area contributed by atoms with Crippen molar-refractivity contribution in [3.05, 3.63) is 58.2 Å². The van der Waals surface area contributed by atoms with Crippen molar-refractivity contribution in [3.63, 3.8) is 0 Å². The number of pyridine rings is 1. The van der Waals surface area contributed by atoms with Gasteiger partial charge >= 0.3 is 0 Å². The van der Waals surface area contributed by atoms with Gasteiger partial charge in [-0.1, -0.05) is 42.3 Å². The molecule has 0 aliphatic carbocycles. The van der Waals surface area contributed by atoms with Crippen molar-refractivity contribution in [2.75, 3.05) is 32.9 Å². The lowest BCUT2D eigenvalue weighted by Gasteiger charge is -2.30. The fraction of sp³-hybridized carbons (Fsp3) is 0.478. The molecule has 0 radical (unpaired) electrons. The van der Waals surface area contributed by atoms with Crippen molar-refractivity contribution in [1.29, 1.82) is 0 Å². The second-order valence-corrected chi connectivity index (χ2v) is 9.34. The average molecular weight is 449 g/mol. The first-order valence-electron chi connectivity index (χ1n) is 10.3. The molecular formula is C23H26Cl2N2O3. The predicted molar refractivity (Wildman–Crippen MR) is 117 cm³/mol. The van der Waals surface area contributed by atoms with Crippen LogP contribution in [0.3, 0.4) is 0 Å². The minimum atomic E-state index is -0.254. The summed E-state index contributed by atoms with van der Waals surface area (Å²) in [4.78, 5) is 19.5. The molecular weight excluding hydrogens is 423 g/mol. The highest BCUT2D eigenvalue weighted by atomic mass is 35.5. The summed E-state index contributed by atoms with van der Waals surface area (Å²) in [6.45, 7) is 5.27. The molecule has 0 saturated carbocycles. The summed E-state index contributed by atoms with van der Waals surface area (Å²) in [5, 5.41) is 1.27. The summed E-state index contributed by atoms with van der Waals surface area (Å²) in [6.07, 6.45) is 3.16. The number of carbonyl (C=O) groups is 1. The van der Waals surface area contributed by atoms with Crippen LogP contribution in [0.25, 0.3) is 0 Å². The predicted octanol–water partition coefficient (Wildman–Crippen LogP) is 4.83. The highest BCUT2D eigenvalue weighted by Gasteiger charge is 2.47. The zero-order valence-corrected chi connectivity index (χ0v) is 18.5. The molecule has 5 nitrogen and oxygen atoms in total. The monoisotopic (exact) mass is 448 g/mol. The van der Waals surface area contributed by atoms with Crippen molar-refractivity contribution >= 4 is 29.1 Å². The van der Waals surface area contributed by atoms with E-state index in [1.54, 1.807) is 18.3 Å². The summed E-state index contributed by atoms with van der Waals surface area (Å²) in [7, 11) is 0. The first-order valence-corrected chi connectivity index (χ1v) is 11.1. The summed E-state index contributed by atoms with van der Waals surface area (Å²) >= 11 is 12.0. The fourth-order valence-electron chi connectivity index (χ4n) is 4.46. The van der Waals surface area contributed by atoms with E-state index in [1.807, 2.05) is 29.2 Å². The van der Waals surface area contributed by atoms with Crippen molar-refractivity contribution in [2.24, 2.45) is 11.3 Å². The first-order chi connectivity index (χ1) is 14.4. The Bertz CT molecular complexity index is 869. The Morgan fingerprint density at radius 3 is 2.53 bits per heavy atom. The SMILES string of the molecule is C[C@]1(COc2ccc(Cl)cn2)CN(C(=O)C2CCOCC2)C[C@@H]1c1ccc(Cl)cc1. The maximum absolute atomic E-state index is 13.2. The molecule has 0 unspecified atom stereocenters. The van der Waals surface area contributed by atoms with Crippen LogP contribution >= 0.6 is 23.2 Å².